The van der Waals surface area contributed by atoms with E-state index >= 15 is 0 Å². The zero-order valence-corrected chi connectivity index (χ0v) is 11.6. The Hall–Kier alpha value is -2.69. The van der Waals surface area contributed by atoms with Gasteiger partial charge in [-0.05, 0) is 13.8 Å². The molecule has 0 aliphatic heterocycles. The van der Waals surface area contributed by atoms with Crippen LogP contribution in [-0.4, -0.2) is 23.3 Å². The molecule has 0 bridgehead atoms. The second-order valence-electron chi connectivity index (χ2n) is 4.80. The number of rotatable bonds is 2. The minimum atomic E-state index is -0.706. The SMILES string of the molecule is CCOC(=O)c1c(C)[nH]c2c(c1=O)C(=O)c1ccccc1-2. The number of fused-ring (bicyclic) bond motifs is 3. The summed E-state index contributed by atoms with van der Waals surface area (Å²) in [6.07, 6.45) is 0. The van der Waals surface area contributed by atoms with Gasteiger partial charge in [-0.25, -0.2) is 4.79 Å². The van der Waals surface area contributed by atoms with Gasteiger partial charge in [-0.3, -0.25) is 9.59 Å². The van der Waals surface area contributed by atoms with Crippen molar-refractivity contribution in [2.24, 2.45) is 0 Å². The molecule has 0 saturated heterocycles. The molecule has 0 saturated carbocycles. The molecule has 1 N–H and O–H groups in total. The Balaban J connectivity index is 2.29. The van der Waals surface area contributed by atoms with Gasteiger partial charge in [0.1, 0.15) is 5.56 Å². The van der Waals surface area contributed by atoms with Gasteiger partial charge < -0.3 is 9.72 Å². The van der Waals surface area contributed by atoms with Gasteiger partial charge in [-0.2, -0.15) is 0 Å². The highest BCUT2D eigenvalue weighted by molar-refractivity contribution is 6.21. The number of aromatic amines is 1. The van der Waals surface area contributed by atoms with E-state index in [1.165, 1.54) is 0 Å². The average Bonchev–Trinajstić information content (AvgIpc) is 2.73. The second kappa shape index (κ2) is 4.70. The Morgan fingerprint density at radius 3 is 2.52 bits per heavy atom. The topological polar surface area (TPSA) is 76.2 Å². The van der Waals surface area contributed by atoms with Crippen molar-refractivity contribution in [3.63, 3.8) is 0 Å². The first-order chi connectivity index (χ1) is 10.1. The Kier molecular flexibility index (Phi) is 2.97. The lowest BCUT2D eigenvalue weighted by molar-refractivity contribution is 0.0523. The van der Waals surface area contributed by atoms with Gasteiger partial charge in [-0.15, -0.1) is 0 Å². The number of ketones is 1. The standard InChI is InChI=1S/C16H13NO4/c1-3-21-16(20)11-8(2)17-13-9-6-4-5-7-10(9)14(18)12(13)15(11)19/h4-7H,3H2,1-2H3,(H,17,19). The number of aryl methyl sites for hydroxylation is 1. The number of hydrogen-bond acceptors (Lipinski definition) is 4. The van der Waals surface area contributed by atoms with Gasteiger partial charge in [0.2, 0.25) is 5.43 Å². The molecule has 3 rings (SSSR count). The molecule has 0 fully saturated rings. The zero-order valence-electron chi connectivity index (χ0n) is 11.6. The number of esters is 1. The van der Waals surface area contributed by atoms with E-state index < -0.39 is 11.4 Å². The van der Waals surface area contributed by atoms with Crippen LogP contribution in [0.3, 0.4) is 0 Å². The van der Waals surface area contributed by atoms with Crippen LogP contribution in [0.1, 0.15) is 38.9 Å². The number of ether oxygens (including phenoxy) is 1. The first-order valence-electron chi connectivity index (χ1n) is 6.64. The summed E-state index contributed by atoms with van der Waals surface area (Å²) < 4.78 is 4.89. The fraction of sp³-hybridized carbons (Fsp3) is 0.188. The van der Waals surface area contributed by atoms with Gasteiger partial charge in [0.15, 0.2) is 5.78 Å². The molecule has 106 valence electrons. The summed E-state index contributed by atoms with van der Waals surface area (Å²) in [5.74, 6) is -1.06. The normalized spacial score (nSPS) is 12.0. The van der Waals surface area contributed by atoms with Gasteiger partial charge in [-0.1, -0.05) is 24.3 Å². The lowest BCUT2D eigenvalue weighted by Gasteiger charge is -2.08. The molecule has 1 aliphatic rings. The van der Waals surface area contributed by atoms with E-state index in [0.29, 0.717) is 22.5 Å². The minimum absolute atomic E-state index is 0.0184. The highest BCUT2D eigenvalue weighted by Gasteiger charge is 2.33. The van der Waals surface area contributed by atoms with Gasteiger partial charge in [0, 0.05) is 16.8 Å². The van der Waals surface area contributed by atoms with Crippen molar-refractivity contribution in [3.8, 4) is 11.3 Å². The van der Waals surface area contributed by atoms with Crippen molar-refractivity contribution < 1.29 is 14.3 Å². The molecular formula is C16H13NO4. The van der Waals surface area contributed by atoms with E-state index in [-0.39, 0.29) is 23.5 Å². The molecule has 0 unspecified atom stereocenters. The highest BCUT2D eigenvalue weighted by atomic mass is 16.5. The molecule has 1 aromatic heterocycles. The molecule has 5 heteroatoms. The van der Waals surface area contributed by atoms with Crippen LogP contribution in [0.15, 0.2) is 29.1 Å². The third-order valence-electron chi connectivity index (χ3n) is 3.54. The molecule has 1 heterocycles. The van der Waals surface area contributed by atoms with Crippen molar-refractivity contribution in [2.75, 3.05) is 6.61 Å². The zero-order chi connectivity index (χ0) is 15.1. The molecule has 0 radical (unpaired) electrons. The van der Waals surface area contributed by atoms with Crippen molar-refractivity contribution in [1.29, 1.82) is 0 Å². The number of pyridine rings is 1. The molecule has 21 heavy (non-hydrogen) atoms. The fourth-order valence-corrected chi connectivity index (χ4v) is 2.62. The van der Waals surface area contributed by atoms with E-state index in [0.717, 1.165) is 0 Å². The third-order valence-corrected chi connectivity index (χ3v) is 3.54. The summed E-state index contributed by atoms with van der Waals surface area (Å²) >= 11 is 0. The van der Waals surface area contributed by atoms with E-state index in [1.807, 2.05) is 0 Å². The first-order valence-corrected chi connectivity index (χ1v) is 6.64. The molecule has 2 aromatic rings. The monoisotopic (exact) mass is 283 g/mol. The molecule has 1 aliphatic carbocycles. The first kappa shape index (κ1) is 13.3. The quantitative estimate of drug-likeness (QED) is 0.730. The molecule has 0 spiro atoms. The lowest BCUT2D eigenvalue weighted by Crippen LogP contribution is -2.25. The van der Waals surface area contributed by atoms with E-state index in [1.54, 1.807) is 38.1 Å². The number of benzene rings is 1. The Labute approximate surface area is 120 Å². The molecule has 5 nitrogen and oxygen atoms in total. The number of hydrogen-bond donors (Lipinski definition) is 1. The van der Waals surface area contributed by atoms with E-state index in [9.17, 15) is 14.4 Å². The Bertz CT molecular complexity index is 833. The Morgan fingerprint density at radius 1 is 1.19 bits per heavy atom. The van der Waals surface area contributed by atoms with Crippen molar-refractivity contribution in [3.05, 3.63) is 56.9 Å². The largest absolute Gasteiger partial charge is 0.462 e. The fourth-order valence-electron chi connectivity index (χ4n) is 2.62. The number of carbonyl (C=O) groups excluding carboxylic acids is 2. The molecule has 0 amide bonds. The van der Waals surface area contributed by atoms with Crippen LogP contribution in [0.5, 0.6) is 0 Å². The van der Waals surface area contributed by atoms with Crippen LogP contribution in [-0.2, 0) is 4.74 Å². The number of H-pyrrole nitrogens is 1. The number of carbonyl (C=O) groups is 2. The maximum absolute atomic E-state index is 12.5. The van der Waals surface area contributed by atoms with Crippen LogP contribution < -0.4 is 5.43 Å². The number of aromatic nitrogens is 1. The second-order valence-corrected chi connectivity index (χ2v) is 4.80. The van der Waals surface area contributed by atoms with Crippen molar-refractivity contribution >= 4 is 11.8 Å². The summed E-state index contributed by atoms with van der Waals surface area (Å²) in [6.45, 7) is 3.46. The van der Waals surface area contributed by atoms with Crippen LogP contribution >= 0.6 is 0 Å². The van der Waals surface area contributed by atoms with Crippen LogP contribution in [0.4, 0.5) is 0 Å². The smallest absolute Gasteiger partial charge is 0.343 e. The number of nitrogens with one attached hydrogen (secondary N) is 1. The summed E-state index contributed by atoms with van der Waals surface area (Å²) in [5, 5.41) is 0. The summed E-state index contributed by atoms with van der Waals surface area (Å²) in [7, 11) is 0. The molecule has 1 aromatic carbocycles. The minimum Gasteiger partial charge on any atom is -0.462 e. The van der Waals surface area contributed by atoms with E-state index in [4.69, 9.17) is 4.74 Å². The maximum atomic E-state index is 12.5. The molecule has 0 atom stereocenters. The summed E-state index contributed by atoms with van der Waals surface area (Å²) in [4.78, 5) is 39.8. The third kappa shape index (κ3) is 1.81. The van der Waals surface area contributed by atoms with Gasteiger partial charge in [0.25, 0.3) is 0 Å². The summed E-state index contributed by atoms with van der Waals surface area (Å²) in [6, 6.07) is 6.99. The average molecular weight is 283 g/mol. The van der Waals surface area contributed by atoms with Crippen molar-refractivity contribution in [1.82, 2.24) is 4.98 Å². The Morgan fingerprint density at radius 2 is 1.86 bits per heavy atom. The lowest BCUT2D eigenvalue weighted by atomic mass is 10.1. The van der Waals surface area contributed by atoms with E-state index in [2.05, 4.69) is 4.98 Å². The molecular weight excluding hydrogens is 270 g/mol. The van der Waals surface area contributed by atoms with Gasteiger partial charge >= 0.3 is 5.97 Å². The highest BCUT2D eigenvalue weighted by Crippen LogP contribution is 2.33. The van der Waals surface area contributed by atoms with Crippen molar-refractivity contribution in [2.45, 2.75) is 13.8 Å². The predicted octanol–water partition coefficient (Wildman–Crippen LogP) is 2.07. The van der Waals surface area contributed by atoms with Gasteiger partial charge in [0.05, 0.1) is 17.9 Å². The van der Waals surface area contributed by atoms with Crippen LogP contribution in [0.2, 0.25) is 0 Å². The predicted molar refractivity (Wildman–Crippen MR) is 76.6 cm³/mol. The summed E-state index contributed by atoms with van der Waals surface area (Å²) in [5.41, 5.74) is 1.39. The van der Waals surface area contributed by atoms with Crippen LogP contribution in [0.25, 0.3) is 11.3 Å². The van der Waals surface area contributed by atoms with Crippen LogP contribution in [0, 0.1) is 6.92 Å². The maximum Gasteiger partial charge on any atom is 0.343 e.